The molecule has 1 fully saturated rings. The number of imide groups is 2. The van der Waals surface area contributed by atoms with Crippen LogP contribution in [-0.4, -0.2) is 38.7 Å². The number of rotatable bonds is 13. The highest BCUT2D eigenvalue weighted by atomic mass is 16.5. The molecule has 46 heavy (non-hydrogen) atoms. The summed E-state index contributed by atoms with van der Waals surface area (Å²) in [5.74, 6) is 0.810. The first-order valence-corrected chi connectivity index (χ1v) is 14.7. The van der Waals surface area contributed by atoms with Crippen molar-refractivity contribution in [1.29, 1.82) is 0 Å². The van der Waals surface area contributed by atoms with Crippen molar-refractivity contribution in [3.8, 4) is 28.7 Å². The smallest absolute Gasteiger partial charge is 0.335 e. The zero-order chi connectivity index (χ0) is 32.5. The molecule has 0 aromatic heterocycles. The van der Waals surface area contributed by atoms with Crippen LogP contribution in [-0.2, 0) is 22.8 Å². The number of ether oxygens (including phenoxy) is 5. The van der Waals surface area contributed by atoms with E-state index in [0.717, 1.165) is 22.4 Å². The fourth-order valence-corrected chi connectivity index (χ4v) is 4.72. The third-order valence-corrected chi connectivity index (χ3v) is 7.05. The van der Waals surface area contributed by atoms with E-state index >= 15 is 0 Å². The number of urea groups is 1. The summed E-state index contributed by atoms with van der Waals surface area (Å²) in [4.78, 5) is 40.2. The predicted molar refractivity (Wildman–Crippen MR) is 172 cm³/mol. The van der Waals surface area contributed by atoms with Crippen molar-refractivity contribution in [3.05, 3.63) is 113 Å². The predicted octanol–water partition coefficient (Wildman–Crippen LogP) is 6.32. The summed E-state index contributed by atoms with van der Waals surface area (Å²) < 4.78 is 28.7. The van der Waals surface area contributed by atoms with Crippen LogP contribution in [0.5, 0.6) is 28.7 Å². The number of hydrogen-bond acceptors (Lipinski definition) is 8. The van der Waals surface area contributed by atoms with E-state index in [4.69, 9.17) is 23.7 Å². The van der Waals surface area contributed by atoms with Crippen LogP contribution in [0.2, 0.25) is 0 Å². The van der Waals surface area contributed by atoms with Gasteiger partial charge in [-0.15, -0.1) is 0 Å². The van der Waals surface area contributed by atoms with Crippen LogP contribution >= 0.6 is 0 Å². The molecular formula is C36H34N2O8. The summed E-state index contributed by atoms with van der Waals surface area (Å²) in [6.45, 7) is 3.02. The fraction of sp³-hybridized carbons (Fsp3) is 0.194. The van der Waals surface area contributed by atoms with Gasteiger partial charge in [0.2, 0.25) is 0 Å². The standard InChI is InChI=1S/C36H34N2O8/c1-4-18-44-30-17-15-27(21-33(30)43-3)38-35(40)28(34(39)37-36(38)41)20-26-12-8-9-13-29(26)45-23-25-14-16-31(32(19-25)42-2)46-22-24-10-6-5-7-11-24/h5-17,19-21H,4,18,22-23H2,1-3H3,(H,37,39,41)/b28-20-. The minimum absolute atomic E-state index is 0.173. The van der Waals surface area contributed by atoms with Gasteiger partial charge >= 0.3 is 6.03 Å². The van der Waals surface area contributed by atoms with Gasteiger partial charge < -0.3 is 23.7 Å². The maximum atomic E-state index is 13.6. The SMILES string of the molecule is CCCOc1ccc(N2C(=O)NC(=O)/C(=C/c3ccccc3OCc3ccc(OCc4ccccc4)c(OC)c3)C2=O)cc1OC. The number of para-hydroxylation sites is 1. The van der Waals surface area contributed by atoms with E-state index in [0.29, 0.717) is 47.5 Å². The van der Waals surface area contributed by atoms with Crippen molar-refractivity contribution in [2.45, 2.75) is 26.6 Å². The summed E-state index contributed by atoms with van der Waals surface area (Å²) in [6, 6.07) is 26.2. The van der Waals surface area contributed by atoms with E-state index in [9.17, 15) is 14.4 Å². The largest absolute Gasteiger partial charge is 0.493 e. The summed E-state index contributed by atoms with van der Waals surface area (Å²) in [6.07, 6.45) is 2.20. The van der Waals surface area contributed by atoms with Crippen LogP contribution in [0.25, 0.3) is 6.08 Å². The molecule has 5 rings (SSSR count). The molecule has 1 saturated heterocycles. The van der Waals surface area contributed by atoms with Gasteiger partial charge in [0.1, 0.15) is 24.5 Å². The number of carbonyl (C=O) groups excluding carboxylic acids is 3. The molecule has 0 aliphatic carbocycles. The minimum Gasteiger partial charge on any atom is -0.493 e. The molecule has 0 bridgehead atoms. The number of barbiturate groups is 1. The number of carbonyl (C=O) groups is 3. The molecular weight excluding hydrogens is 588 g/mol. The first-order valence-electron chi connectivity index (χ1n) is 14.7. The van der Waals surface area contributed by atoms with Gasteiger partial charge in [0.15, 0.2) is 23.0 Å². The molecule has 10 nitrogen and oxygen atoms in total. The second kappa shape index (κ2) is 14.8. The van der Waals surface area contributed by atoms with Crippen LogP contribution in [0.4, 0.5) is 10.5 Å². The Balaban J connectivity index is 1.34. The van der Waals surface area contributed by atoms with Crippen molar-refractivity contribution >= 4 is 29.6 Å². The normalized spacial score (nSPS) is 13.8. The third-order valence-electron chi connectivity index (χ3n) is 7.05. The lowest BCUT2D eigenvalue weighted by atomic mass is 10.1. The Labute approximate surface area is 267 Å². The molecule has 1 N–H and O–H groups in total. The van der Waals surface area contributed by atoms with Crippen LogP contribution < -0.4 is 33.9 Å². The van der Waals surface area contributed by atoms with Gasteiger partial charge in [0.05, 0.1) is 26.5 Å². The highest BCUT2D eigenvalue weighted by molar-refractivity contribution is 6.39. The van der Waals surface area contributed by atoms with Crippen molar-refractivity contribution in [1.82, 2.24) is 5.32 Å². The Morgan fingerprint density at radius 1 is 0.674 bits per heavy atom. The van der Waals surface area contributed by atoms with Crippen LogP contribution in [0.15, 0.2) is 96.6 Å². The van der Waals surface area contributed by atoms with E-state index in [2.05, 4.69) is 5.32 Å². The van der Waals surface area contributed by atoms with Gasteiger partial charge in [-0.2, -0.15) is 0 Å². The molecule has 0 unspecified atom stereocenters. The molecule has 4 amide bonds. The molecule has 4 aromatic carbocycles. The fourth-order valence-electron chi connectivity index (χ4n) is 4.72. The number of nitrogens with one attached hydrogen (secondary N) is 1. The molecule has 1 aliphatic rings. The lowest BCUT2D eigenvalue weighted by molar-refractivity contribution is -0.122. The highest BCUT2D eigenvalue weighted by Crippen LogP contribution is 2.34. The van der Waals surface area contributed by atoms with Crippen molar-refractivity contribution in [3.63, 3.8) is 0 Å². The molecule has 1 heterocycles. The topological polar surface area (TPSA) is 113 Å². The van der Waals surface area contributed by atoms with Gasteiger partial charge in [-0.05, 0) is 54.0 Å². The second-order valence-corrected chi connectivity index (χ2v) is 10.2. The van der Waals surface area contributed by atoms with Crippen molar-refractivity contribution in [2.24, 2.45) is 0 Å². The average molecular weight is 623 g/mol. The summed E-state index contributed by atoms with van der Waals surface area (Å²) >= 11 is 0. The van der Waals surface area contributed by atoms with E-state index in [1.807, 2.05) is 55.5 Å². The average Bonchev–Trinajstić information content (AvgIpc) is 3.08. The number of amides is 4. The number of benzene rings is 4. The maximum Gasteiger partial charge on any atom is 0.335 e. The lowest BCUT2D eigenvalue weighted by Crippen LogP contribution is -2.54. The molecule has 0 atom stereocenters. The second-order valence-electron chi connectivity index (χ2n) is 10.2. The van der Waals surface area contributed by atoms with Gasteiger partial charge in [0.25, 0.3) is 11.8 Å². The van der Waals surface area contributed by atoms with E-state index in [-0.39, 0.29) is 17.9 Å². The first-order chi connectivity index (χ1) is 22.4. The molecule has 0 radical (unpaired) electrons. The minimum atomic E-state index is -0.869. The zero-order valence-electron chi connectivity index (χ0n) is 25.8. The number of anilines is 1. The number of methoxy groups -OCH3 is 2. The molecule has 4 aromatic rings. The summed E-state index contributed by atoms with van der Waals surface area (Å²) in [5.41, 5.74) is 2.31. The van der Waals surface area contributed by atoms with Gasteiger partial charge in [-0.3, -0.25) is 14.9 Å². The van der Waals surface area contributed by atoms with Crippen LogP contribution in [0.1, 0.15) is 30.0 Å². The quantitative estimate of drug-likeness (QED) is 0.136. The molecule has 0 spiro atoms. The monoisotopic (exact) mass is 622 g/mol. The first kappa shape index (κ1) is 31.6. The number of hydrogen-bond donors (Lipinski definition) is 1. The van der Waals surface area contributed by atoms with Crippen LogP contribution in [0.3, 0.4) is 0 Å². The Kier molecular flexibility index (Phi) is 10.2. The van der Waals surface area contributed by atoms with Crippen LogP contribution in [0, 0.1) is 0 Å². The molecule has 236 valence electrons. The Bertz CT molecular complexity index is 1750. The Morgan fingerprint density at radius 3 is 2.09 bits per heavy atom. The van der Waals surface area contributed by atoms with Crippen molar-refractivity contribution < 1.29 is 38.1 Å². The summed E-state index contributed by atoms with van der Waals surface area (Å²) in [5, 5.41) is 2.25. The van der Waals surface area contributed by atoms with E-state index < -0.39 is 17.8 Å². The Morgan fingerprint density at radius 2 is 1.33 bits per heavy atom. The lowest BCUT2D eigenvalue weighted by Gasteiger charge is -2.27. The maximum absolute atomic E-state index is 13.6. The molecule has 10 heteroatoms. The Hall–Kier alpha value is -5.77. The van der Waals surface area contributed by atoms with Gasteiger partial charge in [0, 0.05) is 11.6 Å². The van der Waals surface area contributed by atoms with Gasteiger partial charge in [-0.25, -0.2) is 9.69 Å². The third kappa shape index (κ3) is 7.29. The van der Waals surface area contributed by atoms with Gasteiger partial charge in [-0.1, -0.05) is 61.5 Å². The molecule has 0 saturated carbocycles. The number of nitrogens with zero attached hydrogens (tertiary/aromatic N) is 1. The summed E-state index contributed by atoms with van der Waals surface area (Å²) in [7, 11) is 3.04. The van der Waals surface area contributed by atoms with E-state index in [1.165, 1.54) is 19.3 Å². The van der Waals surface area contributed by atoms with Crippen molar-refractivity contribution in [2.75, 3.05) is 25.7 Å². The highest BCUT2D eigenvalue weighted by Gasteiger charge is 2.37. The molecule has 1 aliphatic heterocycles. The van der Waals surface area contributed by atoms with E-state index in [1.54, 1.807) is 43.5 Å². The zero-order valence-corrected chi connectivity index (χ0v) is 25.8.